The number of aliphatic hydroxyl groups is 3. The molecular weight excluding hydrogens is 576 g/mol. The van der Waals surface area contributed by atoms with Gasteiger partial charge < -0.3 is 58.3 Å². The Hall–Kier alpha value is -2.68. The summed E-state index contributed by atoms with van der Waals surface area (Å²) in [5.74, 6) is -4.31. The van der Waals surface area contributed by atoms with Crippen LogP contribution >= 0.6 is 23.5 Å². The molecule has 232 valence electrons. The molecule has 0 aliphatic heterocycles. The molecule has 0 aromatic carbocycles. The Balaban J connectivity index is 0. The number of aliphatic carboxylic acids is 2. The third-order valence-corrected chi connectivity index (χ3v) is 6.63. The van der Waals surface area contributed by atoms with E-state index >= 15 is 0 Å². The van der Waals surface area contributed by atoms with E-state index < -0.39 is 54.0 Å². The van der Waals surface area contributed by atoms with Crippen molar-refractivity contribution >= 4 is 59.1 Å². The average molecular weight is 617 g/mol. The van der Waals surface area contributed by atoms with Gasteiger partial charge in [-0.25, -0.2) is 0 Å². The summed E-state index contributed by atoms with van der Waals surface area (Å²) in [6.07, 6.45) is -3.71. The average Bonchev–Trinajstić information content (AvgIpc) is 2.92. The van der Waals surface area contributed by atoms with Crippen LogP contribution in [0.2, 0.25) is 0 Å². The number of aliphatic hydroxyl groups excluding tert-OH is 3. The zero-order chi connectivity index (χ0) is 31.1. The van der Waals surface area contributed by atoms with E-state index in [1.807, 2.05) is 0 Å². The maximum absolute atomic E-state index is 11.9. The molecule has 0 saturated heterocycles. The highest BCUT2D eigenvalue weighted by atomic mass is 32.2. The number of amides is 4. The van der Waals surface area contributed by atoms with Crippen molar-refractivity contribution in [3.63, 3.8) is 0 Å². The number of nitrogens with two attached hydrogens (primary N) is 2. The Morgan fingerprint density at radius 1 is 0.675 bits per heavy atom. The van der Waals surface area contributed by atoms with Crippen molar-refractivity contribution in [1.82, 2.24) is 21.3 Å². The number of rotatable bonds is 21. The third kappa shape index (κ3) is 21.2. The molecule has 0 aromatic heterocycles. The van der Waals surface area contributed by atoms with Gasteiger partial charge in [0.25, 0.3) is 5.91 Å². The van der Waals surface area contributed by atoms with Crippen molar-refractivity contribution in [1.29, 1.82) is 0 Å². The van der Waals surface area contributed by atoms with Gasteiger partial charge in [0.2, 0.25) is 17.7 Å². The lowest BCUT2D eigenvalue weighted by Crippen LogP contribution is -2.45. The Bertz CT molecular complexity index is 809. The summed E-state index contributed by atoms with van der Waals surface area (Å²) in [5, 5.41) is 54.0. The van der Waals surface area contributed by atoms with Crippen molar-refractivity contribution in [2.24, 2.45) is 11.5 Å². The topological polar surface area (TPSA) is 304 Å². The van der Waals surface area contributed by atoms with E-state index in [1.54, 1.807) is 0 Å². The lowest BCUT2D eigenvalue weighted by Gasteiger charge is -2.17. The van der Waals surface area contributed by atoms with Crippen LogP contribution in [0.3, 0.4) is 0 Å². The Kier molecular flexibility index (Phi) is 23.8. The van der Waals surface area contributed by atoms with Gasteiger partial charge in [-0.1, -0.05) is 0 Å². The summed E-state index contributed by atoms with van der Waals surface area (Å²) in [5.41, 5.74) is 10.6. The second kappa shape index (κ2) is 24.1. The zero-order valence-electron chi connectivity index (χ0n) is 22.0. The maximum atomic E-state index is 11.9. The number of nitrogens with one attached hydrogen (secondary N) is 4. The molecule has 0 saturated carbocycles. The summed E-state index contributed by atoms with van der Waals surface area (Å²) in [6, 6.07) is -2.14. The smallest absolute Gasteiger partial charge is 0.321 e. The van der Waals surface area contributed by atoms with E-state index in [0.29, 0.717) is 0 Å². The van der Waals surface area contributed by atoms with Crippen LogP contribution in [0.1, 0.15) is 12.8 Å². The highest BCUT2D eigenvalue weighted by Gasteiger charge is 2.24. The number of carbonyl (C=O) groups excluding carboxylic acids is 4. The molecule has 4 amide bonds. The van der Waals surface area contributed by atoms with Crippen molar-refractivity contribution in [2.75, 3.05) is 56.3 Å². The monoisotopic (exact) mass is 616 g/mol. The number of carbonyl (C=O) groups is 6. The fraction of sp³-hybridized carbons (Fsp3) is 0.714. The van der Waals surface area contributed by atoms with Crippen LogP contribution in [0.5, 0.6) is 0 Å². The predicted molar refractivity (Wildman–Crippen MR) is 147 cm³/mol. The van der Waals surface area contributed by atoms with Crippen LogP contribution in [-0.4, -0.2) is 142 Å². The van der Waals surface area contributed by atoms with Crippen molar-refractivity contribution in [2.45, 2.75) is 37.1 Å². The van der Waals surface area contributed by atoms with Crippen molar-refractivity contribution < 1.29 is 54.3 Å². The molecule has 0 fully saturated rings. The van der Waals surface area contributed by atoms with Gasteiger partial charge in [-0.3, -0.25) is 28.8 Å². The lowest BCUT2D eigenvalue weighted by molar-refractivity contribution is -0.138. The summed E-state index contributed by atoms with van der Waals surface area (Å²) < 4.78 is 0. The minimum absolute atomic E-state index is 0.0102. The molecule has 4 atom stereocenters. The van der Waals surface area contributed by atoms with Crippen LogP contribution in [0.25, 0.3) is 0 Å². The van der Waals surface area contributed by atoms with Crippen LogP contribution < -0.4 is 32.7 Å². The van der Waals surface area contributed by atoms with E-state index in [0.717, 1.165) is 30.6 Å². The first kappa shape index (κ1) is 39.5. The first-order valence-electron chi connectivity index (χ1n) is 11.9. The molecule has 19 heteroatoms. The number of hydrogen-bond donors (Lipinski definition) is 11. The minimum Gasteiger partial charge on any atom is -0.480 e. The van der Waals surface area contributed by atoms with E-state index in [1.165, 1.54) is 0 Å². The lowest BCUT2D eigenvalue weighted by atomic mass is 10.1. The molecule has 0 radical (unpaired) electrons. The van der Waals surface area contributed by atoms with Crippen molar-refractivity contribution in [3.05, 3.63) is 0 Å². The number of hydrogen-bond acceptors (Lipinski definition) is 13. The molecule has 0 heterocycles. The van der Waals surface area contributed by atoms with E-state index in [9.17, 15) is 39.0 Å². The Morgan fingerprint density at radius 3 is 1.45 bits per heavy atom. The molecule has 17 nitrogen and oxygen atoms in total. The Labute approximate surface area is 239 Å². The Morgan fingerprint density at radius 2 is 1.05 bits per heavy atom. The zero-order valence-corrected chi connectivity index (χ0v) is 23.7. The second-order valence-corrected chi connectivity index (χ2v) is 9.87. The highest BCUT2D eigenvalue weighted by Crippen LogP contribution is 2.04. The predicted octanol–water partition coefficient (Wildman–Crippen LogP) is -5.15. The number of carboxylic acids is 2. The minimum atomic E-state index is -1.79. The number of thioether (sulfide) groups is 2. The van der Waals surface area contributed by atoms with Gasteiger partial charge >= 0.3 is 11.9 Å². The van der Waals surface area contributed by atoms with E-state index in [4.69, 9.17) is 26.8 Å². The van der Waals surface area contributed by atoms with Crippen LogP contribution in [0.4, 0.5) is 0 Å². The first-order chi connectivity index (χ1) is 18.8. The van der Waals surface area contributed by atoms with Crippen LogP contribution in [0, 0.1) is 0 Å². The van der Waals surface area contributed by atoms with Gasteiger partial charge in [-0.05, 0) is 6.42 Å². The van der Waals surface area contributed by atoms with Crippen LogP contribution in [-0.2, 0) is 28.8 Å². The molecule has 2 unspecified atom stereocenters. The first-order valence-corrected chi connectivity index (χ1v) is 14.2. The molecule has 0 spiro atoms. The standard InChI is InChI=1S/C20H36N6O10S2.CH4O/c21-11(19(33)34)7-37-9-15(29)24-4-3-23-14(28)2-1-13(27)17(31)18(32)26-6-5-25-16(30)10-38-8-12(22)20(35)36;1-2/h11-13,17,27,31H,1-10,21-22H2,(H,23,28)(H,24,29)(H,25,30)(H,26,32)(H,33,34)(H,35,36);2H,1H3/t11?,12?,13-,17+;/m1./s1. The van der Waals surface area contributed by atoms with Gasteiger partial charge in [0.1, 0.15) is 12.1 Å². The largest absolute Gasteiger partial charge is 0.480 e. The van der Waals surface area contributed by atoms with Gasteiger partial charge in [-0.2, -0.15) is 0 Å². The molecular formula is C21H40N6O11S2. The summed E-state index contributed by atoms with van der Waals surface area (Å²) in [7, 11) is 1.00. The van der Waals surface area contributed by atoms with Crippen LogP contribution in [0.15, 0.2) is 0 Å². The normalized spacial score (nSPS) is 13.3. The third-order valence-electron chi connectivity index (χ3n) is 4.51. The molecule has 0 aliphatic carbocycles. The highest BCUT2D eigenvalue weighted by molar-refractivity contribution is 8.00. The second-order valence-electron chi connectivity index (χ2n) is 7.81. The summed E-state index contributed by atoms with van der Waals surface area (Å²) >= 11 is 2.10. The summed E-state index contributed by atoms with van der Waals surface area (Å²) in [6.45, 7) is 0.214. The maximum Gasteiger partial charge on any atom is 0.321 e. The fourth-order valence-corrected chi connectivity index (χ4v) is 4.00. The molecule has 0 aliphatic rings. The summed E-state index contributed by atoms with van der Waals surface area (Å²) in [4.78, 5) is 68.2. The SMILES string of the molecule is CO.NC(CSCC(=O)NCCNC(=O)CC[C@@H](O)[C@H](O)C(=O)NCCNC(=O)CSCC(N)C(=O)O)C(=O)O. The molecule has 40 heavy (non-hydrogen) atoms. The van der Waals surface area contributed by atoms with Gasteiger partial charge in [0.05, 0.1) is 17.6 Å². The quantitative estimate of drug-likeness (QED) is 0.0537. The van der Waals surface area contributed by atoms with Gasteiger partial charge in [0.15, 0.2) is 6.10 Å². The van der Waals surface area contributed by atoms with Crippen molar-refractivity contribution in [3.8, 4) is 0 Å². The molecule has 0 rings (SSSR count). The fourth-order valence-electron chi connectivity index (χ4n) is 2.40. The number of carboxylic acid groups (broad SMARTS) is 2. The molecule has 13 N–H and O–H groups in total. The van der Waals surface area contributed by atoms with E-state index in [2.05, 4.69) is 21.3 Å². The molecule has 0 aromatic rings. The van der Waals surface area contributed by atoms with E-state index in [-0.39, 0.29) is 67.9 Å². The molecule has 0 bridgehead atoms. The van der Waals surface area contributed by atoms with Gasteiger partial charge in [-0.15, -0.1) is 23.5 Å². The van der Waals surface area contributed by atoms with Gasteiger partial charge in [0, 0.05) is 51.2 Å².